The number of hydrogen-bond donors (Lipinski definition) is 0. The van der Waals surface area contributed by atoms with Crippen molar-refractivity contribution in [2.45, 2.75) is 65.7 Å². The van der Waals surface area contributed by atoms with Gasteiger partial charge in [0.05, 0.1) is 18.0 Å². The molecule has 0 radical (unpaired) electrons. The molecule has 0 amide bonds. The molecule has 0 aliphatic heterocycles. The molecule has 144 valence electrons. The van der Waals surface area contributed by atoms with Crippen molar-refractivity contribution in [3.63, 3.8) is 0 Å². The Morgan fingerprint density at radius 2 is 1.88 bits per heavy atom. The van der Waals surface area contributed by atoms with Crippen LogP contribution < -0.4 is 0 Å². The molecule has 0 aromatic heterocycles. The van der Waals surface area contributed by atoms with E-state index in [1.54, 1.807) is 6.21 Å². The summed E-state index contributed by atoms with van der Waals surface area (Å²) in [4.78, 5) is 0. The average molecular weight is 376 g/mol. The van der Waals surface area contributed by atoms with Crippen molar-refractivity contribution in [3.05, 3.63) is 35.9 Å². The third-order valence-electron chi connectivity index (χ3n) is 6.73. The lowest BCUT2D eigenvalue weighted by Gasteiger charge is -2.40. The molecule has 5 atom stereocenters. The van der Waals surface area contributed by atoms with Crippen LogP contribution in [-0.2, 0) is 15.7 Å². The summed E-state index contributed by atoms with van der Waals surface area (Å²) in [7, 11) is -1.28. The highest BCUT2D eigenvalue weighted by molar-refractivity contribution is 7.84. The van der Waals surface area contributed by atoms with E-state index in [0.717, 1.165) is 18.4 Å². The molecule has 0 saturated heterocycles. The Bertz CT molecular complexity index is 692. The predicted molar refractivity (Wildman–Crippen MR) is 110 cm³/mol. The van der Waals surface area contributed by atoms with Crippen molar-refractivity contribution < 1.29 is 8.95 Å². The molecule has 2 aliphatic carbocycles. The first-order valence-electron chi connectivity index (χ1n) is 9.68. The first-order valence-corrected chi connectivity index (χ1v) is 10.8. The lowest BCUT2D eigenvalue weighted by Crippen LogP contribution is -2.44. The van der Waals surface area contributed by atoms with Crippen molar-refractivity contribution >= 4 is 17.2 Å². The third-order valence-corrected chi connectivity index (χ3v) is 8.09. The van der Waals surface area contributed by atoms with Crippen LogP contribution in [0.15, 0.2) is 34.7 Å². The van der Waals surface area contributed by atoms with Crippen molar-refractivity contribution in [2.24, 2.45) is 26.6 Å². The van der Waals surface area contributed by atoms with E-state index in [2.05, 4.69) is 45.9 Å². The Balaban J connectivity index is 1.85. The van der Waals surface area contributed by atoms with Gasteiger partial charge in [0.2, 0.25) is 0 Å². The second-order valence-corrected chi connectivity index (χ2v) is 11.3. The van der Waals surface area contributed by atoms with Gasteiger partial charge in [-0.05, 0) is 35.2 Å². The van der Waals surface area contributed by atoms with Crippen molar-refractivity contribution in [2.75, 3.05) is 6.61 Å². The monoisotopic (exact) mass is 375 g/mol. The van der Waals surface area contributed by atoms with E-state index >= 15 is 0 Å². The van der Waals surface area contributed by atoms with Crippen LogP contribution in [0.25, 0.3) is 0 Å². The maximum atomic E-state index is 13.2. The minimum absolute atomic E-state index is 0.00392. The Kier molecular flexibility index (Phi) is 5.22. The zero-order valence-corrected chi connectivity index (χ0v) is 17.8. The van der Waals surface area contributed by atoms with Crippen LogP contribution in [0.2, 0.25) is 0 Å². The van der Waals surface area contributed by atoms with E-state index in [1.807, 2.05) is 30.3 Å². The highest BCUT2D eigenvalue weighted by atomic mass is 32.2. The topological polar surface area (TPSA) is 38.7 Å². The maximum Gasteiger partial charge on any atom is 0.145 e. The summed E-state index contributed by atoms with van der Waals surface area (Å²) in [6.45, 7) is 14.2. The fraction of sp³-hybridized carbons (Fsp3) is 0.682. The van der Waals surface area contributed by atoms with Crippen molar-refractivity contribution in [1.82, 2.24) is 0 Å². The fourth-order valence-electron chi connectivity index (χ4n) is 4.81. The maximum absolute atomic E-state index is 13.2. The smallest absolute Gasteiger partial charge is 0.145 e. The first-order chi connectivity index (χ1) is 12.1. The summed E-state index contributed by atoms with van der Waals surface area (Å²) in [6.07, 6.45) is 4.02. The van der Waals surface area contributed by atoms with E-state index < -0.39 is 11.0 Å². The van der Waals surface area contributed by atoms with Crippen LogP contribution in [-0.4, -0.2) is 28.4 Å². The number of rotatable bonds is 5. The number of hydrogen-bond acceptors (Lipinski definition) is 2. The number of ether oxygens (including phenoxy) is 1. The van der Waals surface area contributed by atoms with E-state index in [-0.39, 0.29) is 27.6 Å². The Labute approximate surface area is 161 Å². The second-order valence-electron chi connectivity index (χ2n) is 9.96. The molecule has 3 rings (SSSR count). The van der Waals surface area contributed by atoms with E-state index in [4.69, 9.17) is 4.74 Å². The summed E-state index contributed by atoms with van der Waals surface area (Å²) >= 11 is 0. The summed E-state index contributed by atoms with van der Waals surface area (Å²) in [5.41, 5.74) is 1.27. The van der Waals surface area contributed by atoms with Gasteiger partial charge in [0.15, 0.2) is 0 Å². The van der Waals surface area contributed by atoms with Crippen LogP contribution in [0, 0.1) is 22.2 Å². The molecular weight excluding hydrogens is 342 g/mol. The Hall–Kier alpha value is -1.00. The van der Waals surface area contributed by atoms with Gasteiger partial charge in [0.1, 0.15) is 11.0 Å². The molecule has 26 heavy (non-hydrogen) atoms. The third kappa shape index (κ3) is 3.43. The molecule has 2 fully saturated rings. The van der Waals surface area contributed by atoms with Gasteiger partial charge >= 0.3 is 0 Å². The second kappa shape index (κ2) is 6.87. The van der Waals surface area contributed by atoms with Crippen LogP contribution >= 0.6 is 0 Å². The van der Waals surface area contributed by atoms with E-state index in [9.17, 15) is 4.21 Å². The molecule has 2 aliphatic rings. The van der Waals surface area contributed by atoms with Gasteiger partial charge in [-0.25, -0.2) is 4.21 Å². The van der Waals surface area contributed by atoms with Crippen LogP contribution in [0.1, 0.15) is 59.9 Å². The molecule has 2 bridgehead atoms. The molecule has 0 spiro atoms. The van der Waals surface area contributed by atoms with E-state index in [1.165, 1.54) is 0 Å². The van der Waals surface area contributed by atoms with Gasteiger partial charge in [0, 0.05) is 11.6 Å². The average Bonchev–Trinajstić information content (AvgIpc) is 2.89. The molecule has 0 unspecified atom stereocenters. The number of fused-ring (bicyclic) bond motifs is 2. The highest BCUT2D eigenvalue weighted by Crippen LogP contribution is 2.67. The standard InChI is InChI=1S/C22H33NO2S/c1-20(2,3)15-25-19-18(17-12-13-22(19,6)21(17,4)5)26(24)23-14-16-10-8-7-9-11-16/h7-11,14,17-19H,12-13,15H2,1-6H3/b23-14+/t17-,18-,19-,22+,26+/m1/s1. The SMILES string of the molecule is CC(C)(C)CO[C@@H]1[C@H]([S@](=O)/N=C/c2ccccc2)[C@H]2CC[C@]1(C)C2(C)C. The minimum Gasteiger partial charge on any atom is -0.376 e. The Morgan fingerprint density at radius 1 is 1.23 bits per heavy atom. The van der Waals surface area contributed by atoms with Crippen LogP contribution in [0.5, 0.6) is 0 Å². The lowest BCUT2D eigenvalue weighted by molar-refractivity contribution is -0.0674. The van der Waals surface area contributed by atoms with Gasteiger partial charge in [-0.15, -0.1) is 0 Å². The van der Waals surface area contributed by atoms with Crippen LogP contribution in [0.4, 0.5) is 0 Å². The normalized spacial score (nSPS) is 34.5. The zero-order chi connectivity index (χ0) is 19.2. The predicted octanol–water partition coefficient (Wildman–Crippen LogP) is 5.03. The number of nitrogens with zero attached hydrogens (tertiary/aromatic N) is 1. The molecule has 1 aromatic carbocycles. The van der Waals surface area contributed by atoms with Gasteiger partial charge in [-0.3, -0.25) is 0 Å². The summed E-state index contributed by atoms with van der Waals surface area (Å²) in [5, 5.41) is -0.0222. The largest absolute Gasteiger partial charge is 0.376 e. The fourth-order valence-corrected chi connectivity index (χ4v) is 6.52. The molecular formula is C22H33NO2S. The molecule has 0 heterocycles. The molecule has 4 heteroatoms. The summed E-state index contributed by atoms with van der Waals surface area (Å²) in [6, 6.07) is 9.90. The van der Waals surface area contributed by atoms with Gasteiger partial charge in [0.25, 0.3) is 0 Å². The minimum atomic E-state index is -1.28. The molecule has 0 N–H and O–H groups in total. The van der Waals surface area contributed by atoms with Gasteiger partial charge in [-0.2, -0.15) is 4.40 Å². The first kappa shape index (κ1) is 19.8. The summed E-state index contributed by atoms with van der Waals surface area (Å²) < 4.78 is 24.1. The molecule has 2 saturated carbocycles. The van der Waals surface area contributed by atoms with Crippen molar-refractivity contribution in [3.8, 4) is 0 Å². The number of benzene rings is 1. The van der Waals surface area contributed by atoms with Crippen molar-refractivity contribution in [1.29, 1.82) is 0 Å². The van der Waals surface area contributed by atoms with Gasteiger partial charge < -0.3 is 4.74 Å². The summed E-state index contributed by atoms with van der Waals surface area (Å²) in [5.74, 6) is 0.395. The Morgan fingerprint density at radius 3 is 2.50 bits per heavy atom. The zero-order valence-electron chi connectivity index (χ0n) is 17.0. The van der Waals surface area contributed by atoms with Gasteiger partial charge in [-0.1, -0.05) is 71.9 Å². The van der Waals surface area contributed by atoms with Crippen LogP contribution in [0.3, 0.4) is 0 Å². The van der Waals surface area contributed by atoms with E-state index in [0.29, 0.717) is 12.5 Å². The molecule has 1 aromatic rings. The lowest BCUT2D eigenvalue weighted by atomic mass is 9.70. The molecule has 3 nitrogen and oxygen atoms in total. The highest BCUT2D eigenvalue weighted by Gasteiger charge is 2.68. The quantitative estimate of drug-likeness (QED) is 0.677.